The molecule has 2 rings (SSSR count). The zero-order valence-electron chi connectivity index (χ0n) is 7.93. The van der Waals surface area contributed by atoms with E-state index in [1.807, 2.05) is 0 Å². The Morgan fingerprint density at radius 2 is 1.93 bits per heavy atom. The van der Waals surface area contributed by atoms with Gasteiger partial charge in [-0.1, -0.05) is 0 Å². The molecular formula is C9H10N4O2. The highest BCUT2D eigenvalue weighted by atomic mass is 16.2. The Kier molecular flexibility index (Phi) is 2.11. The average molecular weight is 206 g/mol. The highest BCUT2D eigenvalue weighted by Gasteiger charge is 2.49. The Balaban J connectivity index is 2.08. The molecule has 1 saturated carbocycles. The number of rotatable bonds is 3. The van der Waals surface area contributed by atoms with Gasteiger partial charge in [-0.25, -0.2) is 9.97 Å². The van der Waals surface area contributed by atoms with Gasteiger partial charge in [0.15, 0.2) is 0 Å². The Morgan fingerprint density at radius 3 is 2.40 bits per heavy atom. The summed E-state index contributed by atoms with van der Waals surface area (Å²) in [6.07, 6.45) is 5.31. The van der Waals surface area contributed by atoms with E-state index in [-0.39, 0.29) is 5.91 Å². The molecule has 0 aliphatic heterocycles. The first-order valence-corrected chi connectivity index (χ1v) is 4.51. The molecule has 15 heavy (non-hydrogen) atoms. The van der Waals surface area contributed by atoms with Crippen molar-refractivity contribution < 1.29 is 9.59 Å². The van der Waals surface area contributed by atoms with Crippen LogP contribution in [0.5, 0.6) is 0 Å². The zero-order valence-corrected chi connectivity index (χ0v) is 7.93. The standard InChI is InChI=1S/C9H10N4O2/c10-8(15)9(1-2-9)13-7(14)6-3-11-5-12-4-6/h3-5H,1-2H2,(H2,10,15)(H,13,14). The van der Waals surface area contributed by atoms with Crippen molar-refractivity contribution in [3.8, 4) is 0 Å². The SMILES string of the molecule is NC(=O)C1(NC(=O)c2cncnc2)CC1. The first kappa shape index (κ1) is 9.57. The van der Waals surface area contributed by atoms with Crippen LogP contribution in [0.1, 0.15) is 23.2 Å². The predicted octanol–water partition coefficient (Wildman–Crippen LogP) is -0.776. The normalized spacial score (nSPS) is 16.8. The van der Waals surface area contributed by atoms with E-state index in [2.05, 4.69) is 15.3 Å². The van der Waals surface area contributed by atoms with E-state index in [9.17, 15) is 9.59 Å². The molecule has 0 aromatic carbocycles. The molecule has 0 radical (unpaired) electrons. The second-order valence-corrected chi connectivity index (χ2v) is 3.53. The lowest BCUT2D eigenvalue weighted by molar-refractivity contribution is -0.120. The summed E-state index contributed by atoms with van der Waals surface area (Å²) in [5.41, 5.74) is 4.66. The maximum absolute atomic E-state index is 11.6. The van der Waals surface area contributed by atoms with Crippen LogP contribution in [0.15, 0.2) is 18.7 Å². The number of hydrogen-bond donors (Lipinski definition) is 2. The van der Waals surface area contributed by atoms with Crippen molar-refractivity contribution >= 4 is 11.8 Å². The maximum atomic E-state index is 11.6. The van der Waals surface area contributed by atoms with E-state index in [0.29, 0.717) is 18.4 Å². The van der Waals surface area contributed by atoms with Gasteiger partial charge in [0, 0.05) is 12.4 Å². The van der Waals surface area contributed by atoms with Gasteiger partial charge in [0.1, 0.15) is 11.9 Å². The fourth-order valence-corrected chi connectivity index (χ4v) is 1.26. The van der Waals surface area contributed by atoms with Crippen molar-refractivity contribution in [3.63, 3.8) is 0 Å². The van der Waals surface area contributed by atoms with Crippen LogP contribution < -0.4 is 11.1 Å². The van der Waals surface area contributed by atoms with Crippen LogP contribution in [0.3, 0.4) is 0 Å². The Morgan fingerprint density at radius 1 is 1.33 bits per heavy atom. The monoisotopic (exact) mass is 206 g/mol. The van der Waals surface area contributed by atoms with Crippen molar-refractivity contribution in [2.45, 2.75) is 18.4 Å². The summed E-state index contributed by atoms with van der Waals surface area (Å²) in [5, 5.41) is 2.59. The minimum absolute atomic E-state index is 0.324. The molecule has 1 fully saturated rings. The number of nitrogens with one attached hydrogen (secondary N) is 1. The number of amides is 2. The number of nitrogens with zero attached hydrogens (tertiary/aromatic N) is 2. The van der Waals surface area contributed by atoms with Gasteiger partial charge in [-0.05, 0) is 12.8 Å². The van der Waals surface area contributed by atoms with Crippen LogP contribution in [0.2, 0.25) is 0 Å². The van der Waals surface area contributed by atoms with E-state index in [1.54, 1.807) is 0 Å². The molecule has 0 spiro atoms. The molecule has 6 nitrogen and oxygen atoms in total. The summed E-state index contributed by atoms with van der Waals surface area (Å²) in [7, 11) is 0. The second kappa shape index (κ2) is 3.30. The van der Waals surface area contributed by atoms with Crippen LogP contribution in [0.4, 0.5) is 0 Å². The minimum atomic E-state index is -0.840. The predicted molar refractivity (Wildman–Crippen MR) is 50.7 cm³/mol. The van der Waals surface area contributed by atoms with Gasteiger partial charge in [0.25, 0.3) is 5.91 Å². The molecule has 0 bridgehead atoms. The van der Waals surface area contributed by atoms with Crippen molar-refractivity contribution in [1.82, 2.24) is 15.3 Å². The number of hydrogen-bond acceptors (Lipinski definition) is 4. The van der Waals surface area contributed by atoms with Gasteiger partial charge < -0.3 is 11.1 Å². The van der Waals surface area contributed by atoms with Crippen LogP contribution >= 0.6 is 0 Å². The Hall–Kier alpha value is -1.98. The summed E-state index contributed by atoms with van der Waals surface area (Å²) in [4.78, 5) is 30.1. The van der Waals surface area contributed by atoms with E-state index < -0.39 is 11.4 Å². The highest BCUT2D eigenvalue weighted by Crippen LogP contribution is 2.34. The molecule has 78 valence electrons. The Bertz CT molecular complexity index is 400. The molecule has 0 saturated heterocycles. The number of carbonyl (C=O) groups is 2. The van der Waals surface area contributed by atoms with Crippen molar-refractivity contribution in [1.29, 1.82) is 0 Å². The summed E-state index contributed by atoms with van der Waals surface area (Å²) < 4.78 is 0. The van der Waals surface area contributed by atoms with Crippen LogP contribution in [0.25, 0.3) is 0 Å². The molecule has 1 heterocycles. The highest BCUT2D eigenvalue weighted by molar-refractivity contribution is 5.99. The quantitative estimate of drug-likeness (QED) is 0.678. The van der Waals surface area contributed by atoms with Crippen LogP contribution in [0, 0.1) is 0 Å². The number of primary amides is 1. The lowest BCUT2D eigenvalue weighted by Gasteiger charge is -2.12. The second-order valence-electron chi connectivity index (χ2n) is 3.53. The molecule has 0 unspecified atom stereocenters. The lowest BCUT2D eigenvalue weighted by Crippen LogP contribution is -2.46. The molecule has 1 aliphatic rings. The summed E-state index contributed by atoms with van der Waals surface area (Å²) in [6, 6.07) is 0. The van der Waals surface area contributed by atoms with Gasteiger partial charge in [-0.2, -0.15) is 0 Å². The van der Waals surface area contributed by atoms with Crippen LogP contribution in [-0.4, -0.2) is 27.3 Å². The van der Waals surface area contributed by atoms with Gasteiger partial charge in [0.2, 0.25) is 5.91 Å². The number of carbonyl (C=O) groups excluding carboxylic acids is 2. The van der Waals surface area contributed by atoms with Crippen molar-refractivity contribution in [2.75, 3.05) is 0 Å². The zero-order chi connectivity index (χ0) is 10.9. The number of nitrogens with two attached hydrogens (primary N) is 1. The van der Waals surface area contributed by atoms with E-state index in [4.69, 9.17) is 5.73 Å². The molecule has 1 aliphatic carbocycles. The van der Waals surface area contributed by atoms with Gasteiger partial charge in [-0.15, -0.1) is 0 Å². The lowest BCUT2D eigenvalue weighted by atomic mass is 10.2. The third-order valence-corrected chi connectivity index (χ3v) is 2.40. The topological polar surface area (TPSA) is 98.0 Å². The fraction of sp³-hybridized carbons (Fsp3) is 0.333. The van der Waals surface area contributed by atoms with Gasteiger partial charge in [-0.3, -0.25) is 9.59 Å². The largest absolute Gasteiger partial charge is 0.368 e. The third kappa shape index (κ3) is 1.78. The average Bonchev–Trinajstić information content (AvgIpc) is 3.00. The van der Waals surface area contributed by atoms with E-state index in [1.165, 1.54) is 18.7 Å². The molecule has 0 atom stereocenters. The third-order valence-electron chi connectivity index (χ3n) is 2.40. The van der Waals surface area contributed by atoms with E-state index in [0.717, 1.165) is 0 Å². The first-order valence-electron chi connectivity index (χ1n) is 4.51. The summed E-state index contributed by atoms with van der Waals surface area (Å²) >= 11 is 0. The minimum Gasteiger partial charge on any atom is -0.368 e. The first-order chi connectivity index (χ1) is 7.14. The molecule has 2 amide bonds. The Labute approximate surface area is 85.9 Å². The van der Waals surface area contributed by atoms with E-state index >= 15 is 0 Å². The van der Waals surface area contributed by atoms with Crippen molar-refractivity contribution in [3.05, 3.63) is 24.3 Å². The maximum Gasteiger partial charge on any atom is 0.255 e. The van der Waals surface area contributed by atoms with Gasteiger partial charge in [0.05, 0.1) is 5.56 Å². The summed E-state index contributed by atoms with van der Waals surface area (Å²) in [5.74, 6) is -0.861. The smallest absolute Gasteiger partial charge is 0.255 e. The van der Waals surface area contributed by atoms with Crippen LogP contribution in [-0.2, 0) is 4.79 Å². The summed E-state index contributed by atoms with van der Waals surface area (Å²) in [6.45, 7) is 0. The molecular weight excluding hydrogens is 196 g/mol. The molecule has 3 N–H and O–H groups in total. The molecule has 1 aromatic rings. The fourth-order valence-electron chi connectivity index (χ4n) is 1.26. The number of aromatic nitrogens is 2. The van der Waals surface area contributed by atoms with Crippen molar-refractivity contribution in [2.24, 2.45) is 5.73 Å². The van der Waals surface area contributed by atoms with Gasteiger partial charge >= 0.3 is 0 Å². The molecule has 6 heteroatoms. The molecule has 1 aromatic heterocycles.